The molecule has 1 aliphatic heterocycles. The summed E-state index contributed by atoms with van der Waals surface area (Å²) in [6.45, 7) is 4.28. The van der Waals surface area contributed by atoms with Crippen molar-refractivity contribution >= 4 is 54.5 Å². The number of imidazole rings is 1. The Morgan fingerprint density at radius 2 is 2.26 bits per heavy atom. The third kappa shape index (κ3) is 2.85. The molecule has 0 bridgehead atoms. The topological polar surface area (TPSA) is 90.2 Å². The van der Waals surface area contributed by atoms with E-state index in [0.29, 0.717) is 21.0 Å². The SMILES string of the molecule is CCn1c(N2CCCC(N)C2)nc2c([N+](=O)[O-])c(Br)c(Br)cc21. The Labute approximate surface area is 150 Å². The number of halogens is 2. The van der Waals surface area contributed by atoms with Crippen molar-refractivity contribution in [2.45, 2.75) is 32.4 Å². The minimum absolute atomic E-state index is 0.0101. The third-order valence-electron chi connectivity index (χ3n) is 4.13. The van der Waals surface area contributed by atoms with E-state index in [1.54, 1.807) is 0 Å². The van der Waals surface area contributed by atoms with Gasteiger partial charge in [0.1, 0.15) is 4.47 Å². The first kappa shape index (κ1) is 16.7. The number of nitrogens with two attached hydrogens (primary N) is 1. The molecule has 1 aliphatic rings. The van der Waals surface area contributed by atoms with E-state index < -0.39 is 4.92 Å². The highest BCUT2D eigenvalue weighted by Gasteiger charge is 2.28. The molecular formula is C14H17Br2N5O2. The maximum atomic E-state index is 11.5. The standard InChI is InChI=1S/C14H17Br2N5O2/c1-2-20-10-6-9(15)11(16)13(21(22)23)12(10)18-14(20)19-5-3-4-8(17)7-19/h6,8H,2-5,7,17H2,1H3. The number of nitro benzene ring substituents is 1. The third-order valence-corrected chi connectivity index (χ3v) is 6.09. The second-order valence-electron chi connectivity index (χ2n) is 5.65. The van der Waals surface area contributed by atoms with Gasteiger partial charge in [-0.1, -0.05) is 0 Å². The Morgan fingerprint density at radius 1 is 1.52 bits per heavy atom. The van der Waals surface area contributed by atoms with Crippen molar-refractivity contribution in [3.05, 3.63) is 25.1 Å². The van der Waals surface area contributed by atoms with Gasteiger partial charge in [0.15, 0.2) is 5.52 Å². The molecule has 3 rings (SSSR count). The van der Waals surface area contributed by atoms with Gasteiger partial charge in [-0.3, -0.25) is 10.1 Å². The normalized spacial score (nSPS) is 18.6. The number of fused-ring (bicyclic) bond motifs is 1. The van der Waals surface area contributed by atoms with Crippen molar-refractivity contribution in [3.63, 3.8) is 0 Å². The van der Waals surface area contributed by atoms with Crippen LogP contribution in [0.15, 0.2) is 15.0 Å². The molecule has 1 atom stereocenters. The molecule has 0 amide bonds. The summed E-state index contributed by atoms with van der Waals surface area (Å²) in [7, 11) is 0. The average Bonchev–Trinajstić information content (AvgIpc) is 2.85. The van der Waals surface area contributed by atoms with Crippen molar-refractivity contribution in [1.82, 2.24) is 9.55 Å². The highest BCUT2D eigenvalue weighted by molar-refractivity contribution is 9.13. The zero-order valence-corrected chi connectivity index (χ0v) is 15.8. The van der Waals surface area contributed by atoms with Crippen LogP contribution in [0.5, 0.6) is 0 Å². The molecule has 9 heteroatoms. The quantitative estimate of drug-likeness (QED) is 0.576. The van der Waals surface area contributed by atoms with E-state index in [1.807, 2.05) is 17.6 Å². The zero-order valence-electron chi connectivity index (χ0n) is 12.6. The van der Waals surface area contributed by atoms with Crippen LogP contribution in [0, 0.1) is 10.1 Å². The van der Waals surface area contributed by atoms with Crippen molar-refractivity contribution in [3.8, 4) is 0 Å². The Bertz CT molecular complexity index is 776. The van der Waals surface area contributed by atoms with Gasteiger partial charge in [0.25, 0.3) is 0 Å². The summed E-state index contributed by atoms with van der Waals surface area (Å²) in [5.41, 5.74) is 7.22. The molecule has 23 heavy (non-hydrogen) atoms. The Hall–Kier alpha value is -1.19. The lowest BCUT2D eigenvalue weighted by atomic mass is 10.1. The number of anilines is 1. The molecule has 0 spiro atoms. The van der Waals surface area contributed by atoms with Crippen LogP contribution in [0.4, 0.5) is 11.6 Å². The van der Waals surface area contributed by atoms with E-state index in [4.69, 9.17) is 5.73 Å². The fourth-order valence-corrected chi connectivity index (χ4v) is 3.94. The fraction of sp³-hybridized carbons (Fsp3) is 0.500. The van der Waals surface area contributed by atoms with Crippen LogP contribution in [0.2, 0.25) is 0 Å². The first-order chi connectivity index (χ1) is 10.9. The maximum Gasteiger partial charge on any atom is 0.312 e. The van der Waals surface area contributed by atoms with Gasteiger partial charge < -0.3 is 15.2 Å². The lowest BCUT2D eigenvalue weighted by Gasteiger charge is -2.31. The van der Waals surface area contributed by atoms with Gasteiger partial charge in [0.2, 0.25) is 5.95 Å². The van der Waals surface area contributed by atoms with Gasteiger partial charge in [0.05, 0.1) is 10.4 Å². The number of hydrogen-bond acceptors (Lipinski definition) is 5. The first-order valence-corrected chi connectivity index (χ1v) is 9.05. The van der Waals surface area contributed by atoms with Crippen molar-refractivity contribution in [1.29, 1.82) is 0 Å². The number of piperidine rings is 1. The van der Waals surface area contributed by atoms with Crippen LogP contribution >= 0.6 is 31.9 Å². The van der Waals surface area contributed by atoms with Gasteiger partial charge in [-0.15, -0.1) is 0 Å². The molecular weight excluding hydrogens is 430 g/mol. The Morgan fingerprint density at radius 3 is 2.87 bits per heavy atom. The summed E-state index contributed by atoms with van der Waals surface area (Å²) in [5, 5.41) is 11.5. The van der Waals surface area contributed by atoms with Crippen molar-refractivity contribution in [2.75, 3.05) is 18.0 Å². The molecule has 1 aromatic heterocycles. The number of nitro groups is 1. The van der Waals surface area contributed by atoms with Gasteiger partial charge in [-0.05, 0) is 57.7 Å². The van der Waals surface area contributed by atoms with E-state index >= 15 is 0 Å². The lowest BCUT2D eigenvalue weighted by molar-refractivity contribution is -0.384. The highest BCUT2D eigenvalue weighted by atomic mass is 79.9. The molecule has 1 unspecified atom stereocenters. The van der Waals surface area contributed by atoms with Crippen LogP contribution in [0.1, 0.15) is 19.8 Å². The second kappa shape index (κ2) is 6.37. The largest absolute Gasteiger partial charge is 0.341 e. The minimum atomic E-state index is -0.393. The van der Waals surface area contributed by atoms with Gasteiger partial charge >= 0.3 is 5.69 Å². The molecule has 1 saturated heterocycles. The molecule has 0 radical (unpaired) electrons. The van der Waals surface area contributed by atoms with E-state index in [0.717, 1.165) is 37.4 Å². The summed E-state index contributed by atoms with van der Waals surface area (Å²) >= 11 is 6.68. The fourth-order valence-electron chi connectivity index (χ4n) is 3.09. The number of nitrogens with zero attached hydrogens (tertiary/aromatic N) is 4. The van der Waals surface area contributed by atoms with Crippen molar-refractivity contribution < 1.29 is 4.92 Å². The van der Waals surface area contributed by atoms with Gasteiger partial charge in [0, 0.05) is 30.1 Å². The highest BCUT2D eigenvalue weighted by Crippen LogP contribution is 2.40. The molecule has 2 aromatic rings. The van der Waals surface area contributed by atoms with E-state index in [1.165, 1.54) is 0 Å². The van der Waals surface area contributed by atoms with E-state index in [-0.39, 0.29) is 11.7 Å². The van der Waals surface area contributed by atoms with Crippen LogP contribution < -0.4 is 10.6 Å². The number of rotatable bonds is 3. The molecule has 0 aliphatic carbocycles. The van der Waals surface area contributed by atoms with Crippen LogP contribution in [-0.4, -0.2) is 33.6 Å². The predicted octanol–water partition coefficient (Wildman–Crippen LogP) is 3.42. The number of hydrogen-bond donors (Lipinski definition) is 1. The lowest BCUT2D eigenvalue weighted by Crippen LogP contribution is -2.43. The van der Waals surface area contributed by atoms with E-state index in [2.05, 4.69) is 41.7 Å². The Balaban J connectivity index is 2.24. The van der Waals surface area contributed by atoms with Gasteiger partial charge in [-0.2, -0.15) is 0 Å². The smallest absolute Gasteiger partial charge is 0.312 e. The summed E-state index contributed by atoms with van der Waals surface area (Å²) in [6.07, 6.45) is 2.00. The summed E-state index contributed by atoms with van der Waals surface area (Å²) < 4.78 is 3.07. The average molecular weight is 447 g/mol. The number of aryl methyl sites for hydroxylation is 1. The van der Waals surface area contributed by atoms with Crippen LogP contribution in [-0.2, 0) is 6.54 Å². The summed E-state index contributed by atoms with van der Waals surface area (Å²) in [5.74, 6) is 0.755. The molecule has 124 valence electrons. The summed E-state index contributed by atoms with van der Waals surface area (Å²) in [6, 6.07) is 1.98. The predicted molar refractivity (Wildman–Crippen MR) is 96.9 cm³/mol. The Kier molecular flexibility index (Phi) is 4.61. The maximum absolute atomic E-state index is 11.5. The molecule has 2 heterocycles. The molecule has 0 saturated carbocycles. The van der Waals surface area contributed by atoms with Crippen LogP contribution in [0.25, 0.3) is 11.0 Å². The molecule has 7 nitrogen and oxygen atoms in total. The number of aromatic nitrogens is 2. The summed E-state index contributed by atoms with van der Waals surface area (Å²) in [4.78, 5) is 17.8. The number of benzene rings is 1. The minimum Gasteiger partial charge on any atom is -0.341 e. The zero-order chi connectivity index (χ0) is 16.7. The first-order valence-electron chi connectivity index (χ1n) is 7.47. The monoisotopic (exact) mass is 445 g/mol. The van der Waals surface area contributed by atoms with Crippen LogP contribution in [0.3, 0.4) is 0 Å². The molecule has 1 fully saturated rings. The van der Waals surface area contributed by atoms with Gasteiger partial charge in [-0.25, -0.2) is 4.98 Å². The molecule has 2 N–H and O–H groups in total. The molecule has 1 aromatic carbocycles. The van der Waals surface area contributed by atoms with Crippen molar-refractivity contribution in [2.24, 2.45) is 5.73 Å². The second-order valence-corrected chi connectivity index (χ2v) is 7.30. The van der Waals surface area contributed by atoms with E-state index in [9.17, 15) is 10.1 Å².